The first kappa shape index (κ1) is 25.0. The average Bonchev–Trinajstić information content (AvgIpc) is 3.16. The van der Waals surface area contributed by atoms with Crippen LogP contribution in [0.25, 0.3) is 10.8 Å². The van der Waals surface area contributed by atoms with Gasteiger partial charge in [0.2, 0.25) is 0 Å². The Hall–Kier alpha value is -3.13. The molecule has 0 aliphatic carbocycles. The Kier molecular flexibility index (Phi) is 6.77. The minimum Gasteiger partial charge on any atom is -0.444 e. The van der Waals surface area contributed by atoms with Crippen molar-refractivity contribution in [1.29, 1.82) is 0 Å². The monoisotopic (exact) mass is 483 g/mol. The molecule has 8 nitrogen and oxygen atoms in total. The first-order chi connectivity index (χ1) is 16.4. The number of hydrogen-bond donors (Lipinski definition) is 0. The minimum absolute atomic E-state index is 0.0861. The summed E-state index contributed by atoms with van der Waals surface area (Å²) >= 11 is 0. The van der Waals surface area contributed by atoms with Gasteiger partial charge in [0.05, 0.1) is 19.3 Å². The fourth-order valence-electron chi connectivity index (χ4n) is 4.51. The number of nitrogens with zero attached hydrogens (tertiary/aromatic N) is 1. The van der Waals surface area contributed by atoms with Crippen LogP contribution in [0.5, 0.6) is 0 Å². The van der Waals surface area contributed by atoms with Crippen LogP contribution in [0.2, 0.25) is 0 Å². The van der Waals surface area contributed by atoms with E-state index in [4.69, 9.17) is 18.9 Å². The van der Waals surface area contributed by atoms with Crippen molar-refractivity contribution in [3.8, 4) is 0 Å². The van der Waals surface area contributed by atoms with Crippen LogP contribution >= 0.6 is 0 Å². The molecule has 8 heteroatoms. The smallest absolute Gasteiger partial charge is 0.410 e. The molecule has 2 aromatic rings. The van der Waals surface area contributed by atoms with E-state index in [9.17, 15) is 14.4 Å². The number of amides is 1. The molecule has 0 bridgehead atoms. The quantitative estimate of drug-likeness (QED) is 0.454. The first-order valence-corrected chi connectivity index (χ1v) is 11.9. The minimum atomic E-state index is -1.29. The third kappa shape index (κ3) is 6.11. The lowest BCUT2D eigenvalue weighted by molar-refractivity contribution is -0.240. The number of cyclic esters (lactones) is 2. The Morgan fingerprint density at radius 2 is 1.71 bits per heavy atom. The highest BCUT2D eigenvalue weighted by Gasteiger charge is 2.47. The highest BCUT2D eigenvalue weighted by atomic mass is 16.7. The van der Waals surface area contributed by atoms with Gasteiger partial charge in [-0.2, -0.15) is 0 Å². The Morgan fingerprint density at radius 3 is 2.37 bits per heavy atom. The summed E-state index contributed by atoms with van der Waals surface area (Å²) in [5.74, 6) is -3.68. The zero-order valence-electron chi connectivity index (χ0n) is 20.9. The van der Waals surface area contributed by atoms with E-state index in [2.05, 4.69) is 24.3 Å². The molecule has 4 rings (SSSR count). The fourth-order valence-corrected chi connectivity index (χ4v) is 4.51. The van der Waals surface area contributed by atoms with Gasteiger partial charge in [0.15, 0.2) is 5.92 Å². The first-order valence-electron chi connectivity index (χ1n) is 11.9. The van der Waals surface area contributed by atoms with E-state index in [1.807, 2.05) is 18.2 Å². The van der Waals surface area contributed by atoms with Crippen LogP contribution in [0.1, 0.15) is 53.0 Å². The second kappa shape index (κ2) is 9.49. The van der Waals surface area contributed by atoms with Crippen LogP contribution in [-0.2, 0) is 35.1 Å². The third-order valence-electron chi connectivity index (χ3n) is 6.07. The van der Waals surface area contributed by atoms with E-state index >= 15 is 0 Å². The van der Waals surface area contributed by atoms with Gasteiger partial charge in [0.1, 0.15) is 5.60 Å². The molecule has 35 heavy (non-hydrogen) atoms. The molecule has 1 amide bonds. The summed E-state index contributed by atoms with van der Waals surface area (Å²) in [6.07, 6.45) is -0.223. The van der Waals surface area contributed by atoms with Crippen molar-refractivity contribution in [2.24, 2.45) is 5.92 Å². The van der Waals surface area contributed by atoms with Gasteiger partial charge in [-0.1, -0.05) is 36.4 Å². The number of carbonyl (C=O) groups excluding carboxylic acids is 3. The number of esters is 2. The number of rotatable bonds is 5. The molecule has 2 heterocycles. The molecular formula is C27H33NO7. The highest BCUT2D eigenvalue weighted by molar-refractivity contribution is 5.96. The second-order valence-corrected chi connectivity index (χ2v) is 10.7. The molecule has 188 valence electrons. The molecule has 0 saturated carbocycles. The average molecular weight is 484 g/mol. The van der Waals surface area contributed by atoms with Gasteiger partial charge in [-0.3, -0.25) is 9.59 Å². The van der Waals surface area contributed by atoms with E-state index in [0.29, 0.717) is 19.6 Å². The van der Waals surface area contributed by atoms with Crippen molar-refractivity contribution in [3.63, 3.8) is 0 Å². The summed E-state index contributed by atoms with van der Waals surface area (Å²) < 4.78 is 22.3. The molecule has 2 aromatic carbocycles. The highest BCUT2D eigenvalue weighted by Crippen LogP contribution is 2.32. The Balaban J connectivity index is 1.46. The summed E-state index contributed by atoms with van der Waals surface area (Å²) in [6, 6.07) is 13.8. The van der Waals surface area contributed by atoms with Gasteiger partial charge >= 0.3 is 18.0 Å². The number of hydrogen-bond acceptors (Lipinski definition) is 7. The molecule has 2 aliphatic heterocycles. The topological polar surface area (TPSA) is 91.4 Å². The lowest BCUT2D eigenvalue weighted by Crippen LogP contribution is -2.49. The Bertz CT molecular complexity index is 1100. The number of likely N-dealkylation sites (tertiary alicyclic amines) is 1. The van der Waals surface area contributed by atoms with Crippen molar-refractivity contribution < 1.29 is 33.3 Å². The molecule has 2 atom stereocenters. The van der Waals surface area contributed by atoms with E-state index in [-0.39, 0.29) is 12.5 Å². The molecule has 2 saturated heterocycles. The molecule has 2 fully saturated rings. The maximum Gasteiger partial charge on any atom is 0.410 e. The lowest BCUT2D eigenvalue weighted by Gasteiger charge is -2.35. The number of benzene rings is 2. The predicted molar refractivity (Wildman–Crippen MR) is 128 cm³/mol. The van der Waals surface area contributed by atoms with Gasteiger partial charge in [0.25, 0.3) is 5.79 Å². The standard InChI is InChI=1S/C27H33NO7/c1-26(2,3)35-25(31)28-15-21(32-16-17-10-11-18-8-6-7-9-19(18)12-17)13-20(28)14-22-23(29)33-27(4,5)34-24(22)30/h6-12,20-22H,13-16H2,1-5H3/t20-,21-/m1/s1. The summed E-state index contributed by atoms with van der Waals surface area (Å²) in [6.45, 7) is 9.09. The summed E-state index contributed by atoms with van der Waals surface area (Å²) in [7, 11) is 0. The maximum absolute atomic E-state index is 13.0. The maximum atomic E-state index is 13.0. The Morgan fingerprint density at radius 1 is 1.06 bits per heavy atom. The zero-order chi connectivity index (χ0) is 25.4. The molecule has 0 N–H and O–H groups in total. The van der Waals surface area contributed by atoms with Crippen molar-refractivity contribution >= 4 is 28.8 Å². The number of ether oxygens (including phenoxy) is 4. The van der Waals surface area contributed by atoms with Crippen LogP contribution < -0.4 is 0 Å². The SMILES string of the molecule is CC(C)(C)OC(=O)N1C[C@H](OCc2ccc3ccccc3c2)C[C@@H]1CC1C(=O)OC(C)(C)OC1=O. The van der Waals surface area contributed by atoms with E-state index < -0.39 is 41.4 Å². The van der Waals surface area contributed by atoms with E-state index in [0.717, 1.165) is 16.3 Å². The Labute approximate surface area is 205 Å². The van der Waals surface area contributed by atoms with Crippen LogP contribution in [0.15, 0.2) is 42.5 Å². The normalized spacial score (nSPS) is 22.7. The van der Waals surface area contributed by atoms with Crippen molar-refractivity contribution in [1.82, 2.24) is 4.90 Å². The van der Waals surface area contributed by atoms with Gasteiger partial charge in [-0.05, 0) is 56.0 Å². The number of carbonyl (C=O) groups is 3. The van der Waals surface area contributed by atoms with Crippen LogP contribution in [0.4, 0.5) is 4.79 Å². The second-order valence-electron chi connectivity index (χ2n) is 10.7. The van der Waals surface area contributed by atoms with Crippen molar-refractivity contribution in [2.45, 2.75) is 77.6 Å². The predicted octanol–water partition coefficient (Wildman–Crippen LogP) is 4.58. The van der Waals surface area contributed by atoms with Crippen LogP contribution in [0.3, 0.4) is 0 Å². The summed E-state index contributed by atoms with van der Waals surface area (Å²) in [5.41, 5.74) is 0.343. The van der Waals surface area contributed by atoms with Crippen molar-refractivity contribution in [3.05, 3.63) is 48.0 Å². The lowest BCUT2D eigenvalue weighted by atomic mass is 9.97. The molecule has 0 unspecified atom stereocenters. The van der Waals surface area contributed by atoms with E-state index in [1.54, 1.807) is 25.7 Å². The summed E-state index contributed by atoms with van der Waals surface area (Å²) in [5, 5.41) is 2.29. The van der Waals surface area contributed by atoms with Crippen molar-refractivity contribution in [2.75, 3.05) is 6.54 Å². The zero-order valence-corrected chi connectivity index (χ0v) is 20.9. The van der Waals surface area contributed by atoms with Gasteiger partial charge in [0, 0.05) is 19.9 Å². The molecule has 0 radical (unpaired) electrons. The van der Waals surface area contributed by atoms with Gasteiger partial charge in [-0.25, -0.2) is 4.79 Å². The summed E-state index contributed by atoms with van der Waals surface area (Å²) in [4.78, 5) is 39.6. The van der Waals surface area contributed by atoms with Crippen LogP contribution in [0, 0.1) is 5.92 Å². The largest absolute Gasteiger partial charge is 0.444 e. The van der Waals surface area contributed by atoms with Crippen LogP contribution in [-0.4, -0.2) is 53.0 Å². The van der Waals surface area contributed by atoms with Gasteiger partial charge < -0.3 is 23.8 Å². The number of fused-ring (bicyclic) bond motifs is 1. The molecule has 0 aromatic heterocycles. The van der Waals surface area contributed by atoms with E-state index in [1.165, 1.54) is 13.8 Å². The third-order valence-corrected chi connectivity index (χ3v) is 6.07. The molecule has 0 spiro atoms. The van der Waals surface area contributed by atoms with Gasteiger partial charge in [-0.15, -0.1) is 0 Å². The molecule has 2 aliphatic rings. The molecular weight excluding hydrogens is 450 g/mol. The fraction of sp³-hybridized carbons (Fsp3) is 0.519.